The van der Waals surface area contributed by atoms with Gasteiger partial charge in [0, 0.05) is 12.7 Å². The van der Waals surface area contributed by atoms with Crippen LogP contribution in [0.15, 0.2) is 139 Å². The number of amides is 3. The van der Waals surface area contributed by atoms with Crippen LogP contribution in [0.3, 0.4) is 0 Å². The number of hydrogen-bond acceptors (Lipinski definition) is 11. The number of ether oxygens (including phenoxy) is 4. The molecule has 10 rings (SSSR count). The van der Waals surface area contributed by atoms with Gasteiger partial charge in [0.05, 0.1) is 54.5 Å². The Balaban J connectivity index is 1.25. The number of rotatable bonds is 12. The summed E-state index contributed by atoms with van der Waals surface area (Å²) in [5.41, 5.74) is 3.40. The summed E-state index contributed by atoms with van der Waals surface area (Å²) in [6.45, 7) is -0.462. The number of morpholine rings is 1. The van der Waals surface area contributed by atoms with Crippen molar-refractivity contribution in [2.45, 2.75) is 61.9 Å². The van der Waals surface area contributed by atoms with Crippen LogP contribution in [-0.2, 0) is 40.6 Å². The Bertz CT molecular complexity index is 2970. The number of fused-ring (bicyclic) bond motifs is 4. The Morgan fingerprint density at radius 3 is 2.38 bits per heavy atom. The van der Waals surface area contributed by atoms with Crippen LogP contribution in [-0.4, -0.2) is 83.4 Å². The fraction of sp³-hybridized carbons (Fsp3) is 0.291. The van der Waals surface area contributed by atoms with Crippen LogP contribution in [0.2, 0.25) is 0 Å². The van der Waals surface area contributed by atoms with Crippen molar-refractivity contribution in [2.24, 2.45) is 5.92 Å². The molecule has 3 amide bonds. The van der Waals surface area contributed by atoms with E-state index in [4.69, 9.17) is 23.9 Å². The maximum Gasteiger partial charge on any atom is 0.421 e. The molecule has 14 heteroatoms. The number of cyclic esters (lactones) is 1. The van der Waals surface area contributed by atoms with Gasteiger partial charge < -0.3 is 34.4 Å². The number of anilines is 1. The molecule has 2 saturated heterocycles. The third kappa shape index (κ3) is 8.32. The lowest BCUT2D eigenvalue weighted by Crippen LogP contribution is -2.55. The van der Waals surface area contributed by atoms with Crippen molar-refractivity contribution in [3.05, 3.63) is 173 Å². The molecule has 0 radical (unpaired) electrons. The van der Waals surface area contributed by atoms with Crippen LogP contribution in [0, 0.1) is 17.8 Å². The van der Waals surface area contributed by atoms with E-state index in [-0.39, 0.29) is 38.7 Å². The number of para-hydroxylation sites is 2. The molecule has 6 atom stereocenters. The summed E-state index contributed by atoms with van der Waals surface area (Å²) >= 11 is 0. The van der Waals surface area contributed by atoms with E-state index in [0.29, 0.717) is 39.3 Å². The lowest BCUT2D eigenvalue weighted by Gasteiger charge is -2.46. The molecule has 3 N–H and O–H groups in total. The van der Waals surface area contributed by atoms with E-state index < -0.39 is 59.4 Å². The number of carbonyl (C=O) groups is 4. The molecule has 1 aromatic heterocycles. The normalized spacial score (nSPS) is 22.8. The number of aliphatic hydroxyl groups excluding tert-OH is 1. The second-order valence-electron chi connectivity index (χ2n) is 17.5. The molecule has 14 nitrogen and oxygen atoms in total. The number of carbonyl (C=O) groups excluding carboxylic acids is 4. The molecule has 1 spiro atoms. The van der Waals surface area contributed by atoms with Gasteiger partial charge in [-0.3, -0.25) is 19.3 Å². The number of benzene rings is 5. The predicted molar refractivity (Wildman–Crippen MR) is 256 cm³/mol. The molecular weight excluding hydrogens is 875 g/mol. The average Bonchev–Trinajstić information content (AvgIpc) is 4.03. The number of nitrogens with one attached hydrogen (secondary N) is 2. The number of nitrogens with zero attached hydrogens (tertiary/aromatic N) is 3. The van der Waals surface area contributed by atoms with Crippen LogP contribution in [0.25, 0.3) is 11.0 Å². The Hall–Kier alpha value is -7.57. The standard InChI is InChI=1S/C55H51N5O9/c1-66-30-31-68-54(65)59-44-27-26-36(25-24-35-14-5-2-6-15-35)32-41(44)55(53(59)64)46(51(62)56-34-45-57-42-22-11-12-23-43(42)58-45)48-52(63)69-49(38-18-9-4-10-19-38)47(37-16-7-3-8-17-37)60(48)50(55)39-20-13-21-40(33-39)67-29-28-61/h3-4,7-14,16-23,26-27,32-33,46-50,61H,2,5-6,15,28-31,34H2,1H3,(H,56,62)(H,57,58)/t46-,47-,48-,49+,50+,55-/m0/s1. The molecular formula is C55H51N5O9. The van der Waals surface area contributed by atoms with Gasteiger partial charge in [-0.1, -0.05) is 103 Å². The fourth-order valence-corrected chi connectivity index (χ4v) is 10.7. The summed E-state index contributed by atoms with van der Waals surface area (Å²) in [6, 6.07) is 35.3. The zero-order valence-corrected chi connectivity index (χ0v) is 38.0. The second-order valence-corrected chi connectivity index (χ2v) is 17.5. The Labute approximate surface area is 399 Å². The van der Waals surface area contributed by atoms with E-state index in [1.807, 2.05) is 95.9 Å². The SMILES string of the molecule is COCCOC(=O)N1C(=O)[C@@]2(c3cc(C#CC4=CCCCC4)ccc31)[C@H](C(=O)NCc1nc3ccccc3[nH]1)[C@H]1C(=O)O[C@H](c3ccccc3)[C@H](c3ccccc3)N1[C@@H]2c1cccc(OCCO)c1. The van der Waals surface area contributed by atoms with Crippen LogP contribution in [0.1, 0.15) is 77.5 Å². The lowest BCUT2D eigenvalue weighted by molar-refractivity contribution is -0.178. The molecule has 6 aromatic rings. The number of methoxy groups -OCH3 is 1. The number of aliphatic hydroxyl groups is 1. The van der Waals surface area contributed by atoms with Crippen molar-refractivity contribution in [3.63, 3.8) is 0 Å². The molecule has 69 heavy (non-hydrogen) atoms. The number of esters is 1. The lowest BCUT2D eigenvalue weighted by atomic mass is 9.65. The van der Waals surface area contributed by atoms with E-state index in [1.165, 1.54) is 7.11 Å². The topological polar surface area (TPSA) is 173 Å². The summed E-state index contributed by atoms with van der Waals surface area (Å²) in [7, 11) is 1.47. The van der Waals surface area contributed by atoms with Gasteiger partial charge in [0.1, 0.15) is 42.3 Å². The van der Waals surface area contributed by atoms with E-state index in [0.717, 1.165) is 47.2 Å². The number of allylic oxidation sites excluding steroid dienone is 2. The predicted octanol–water partition coefficient (Wildman–Crippen LogP) is 7.55. The van der Waals surface area contributed by atoms with Crippen molar-refractivity contribution in [1.82, 2.24) is 20.2 Å². The molecule has 5 aromatic carbocycles. The number of hydrogen-bond donors (Lipinski definition) is 3. The van der Waals surface area contributed by atoms with Gasteiger partial charge >= 0.3 is 12.1 Å². The molecule has 0 bridgehead atoms. The minimum atomic E-state index is -2.05. The summed E-state index contributed by atoms with van der Waals surface area (Å²) < 4.78 is 23.6. The van der Waals surface area contributed by atoms with Crippen LogP contribution >= 0.6 is 0 Å². The number of imide groups is 1. The molecule has 4 heterocycles. The first-order chi connectivity index (χ1) is 33.8. The quantitative estimate of drug-likeness (QED) is 0.0629. The van der Waals surface area contributed by atoms with Gasteiger partial charge in [0.25, 0.3) is 0 Å². The molecule has 3 aliphatic heterocycles. The minimum absolute atomic E-state index is 0.0191. The van der Waals surface area contributed by atoms with E-state index in [2.05, 4.69) is 28.2 Å². The third-order valence-corrected chi connectivity index (χ3v) is 13.5. The van der Waals surface area contributed by atoms with Crippen molar-refractivity contribution >= 4 is 40.6 Å². The first-order valence-electron chi connectivity index (χ1n) is 23.3. The summed E-state index contributed by atoms with van der Waals surface area (Å²) in [6.07, 6.45) is 4.13. The zero-order valence-electron chi connectivity index (χ0n) is 38.0. The Morgan fingerprint density at radius 1 is 0.855 bits per heavy atom. The monoisotopic (exact) mass is 925 g/mol. The van der Waals surface area contributed by atoms with Crippen molar-refractivity contribution in [1.29, 1.82) is 0 Å². The zero-order chi connectivity index (χ0) is 47.5. The third-order valence-electron chi connectivity index (χ3n) is 13.5. The maximum atomic E-state index is 16.5. The molecule has 4 aliphatic rings. The average molecular weight is 926 g/mol. The van der Waals surface area contributed by atoms with E-state index in [9.17, 15) is 9.90 Å². The van der Waals surface area contributed by atoms with Crippen molar-refractivity contribution in [2.75, 3.05) is 38.4 Å². The molecule has 0 unspecified atom stereocenters. The Kier molecular flexibility index (Phi) is 12.8. The first kappa shape index (κ1) is 45.2. The van der Waals surface area contributed by atoms with Crippen LogP contribution in [0.5, 0.6) is 5.75 Å². The van der Waals surface area contributed by atoms with E-state index >= 15 is 14.4 Å². The maximum absolute atomic E-state index is 16.5. The van der Waals surface area contributed by atoms with Crippen LogP contribution < -0.4 is 15.0 Å². The number of H-pyrrole nitrogens is 1. The van der Waals surface area contributed by atoms with Crippen molar-refractivity contribution in [3.8, 4) is 17.6 Å². The summed E-state index contributed by atoms with van der Waals surface area (Å²) in [5.74, 6) is 3.80. The highest BCUT2D eigenvalue weighted by Gasteiger charge is 2.75. The van der Waals surface area contributed by atoms with E-state index in [1.54, 1.807) is 36.4 Å². The van der Waals surface area contributed by atoms with Crippen molar-refractivity contribution < 1.29 is 43.2 Å². The minimum Gasteiger partial charge on any atom is -0.491 e. The fourth-order valence-electron chi connectivity index (χ4n) is 10.7. The smallest absolute Gasteiger partial charge is 0.421 e. The molecule has 350 valence electrons. The number of imidazole rings is 1. The van der Waals surface area contributed by atoms with Gasteiger partial charge in [0.2, 0.25) is 11.8 Å². The molecule has 2 fully saturated rings. The summed E-state index contributed by atoms with van der Waals surface area (Å²) in [5, 5.41) is 12.9. The number of aromatic nitrogens is 2. The molecule has 0 saturated carbocycles. The van der Waals surface area contributed by atoms with Gasteiger partial charge in [-0.2, -0.15) is 0 Å². The summed E-state index contributed by atoms with van der Waals surface area (Å²) in [4.78, 5) is 73.3. The van der Waals surface area contributed by atoms with Gasteiger partial charge in [-0.15, -0.1) is 0 Å². The molecule has 1 aliphatic carbocycles. The highest BCUT2D eigenvalue weighted by Crippen LogP contribution is 2.66. The second kappa shape index (κ2) is 19.6. The number of aromatic amines is 1. The first-order valence-corrected chi connectivity index (χ1v) is 23.3. The Morgan fingerprint density at radius 2 is 1.62 bits per heavy atom. The largest absolute Gasteiger partial charge is 0.491 e. The highest BCUT2D eigenvalue weighted by atomic mass is 16.6. The van der Waals surface area contributed by atoms with Gasteiger partial charge in [-0.05, 0) is 96.0 Å². The van der Waals surface area contributed by atoms with Gasteiger partial charge in [0.15, 0.2) is 0 Å². The highest BCUT2D eigenvalue weighted by molar-refractivity contribution is 6.23. The van der Waals surface area contributed by atoms with Gasteiger partial charge in [-0.25, -0.2) is 14.7 Å². The van der Waals surface area contributed by atoms with Crippen LogP contribution in [0.4, 0.5) is 10.5 Å².